The zero-order valence-corrected chi connectivity index (χ0v) is 11.6. The lowest BCUT2D eigenvalue weighted by molar-refractivity contribution is 0.205. The molecule has 1 N–H and O–H groups in total. The third-order valence-electron chi connectivity index (χ3n) is 3.67. The number of hydrogen-bond acceptors (Lipinski definition) is 3. The normalized spacial score (nSPS) is 16.6. The summed E-state index contributed by atoms with van der Waals surface area (Å²) in [5.41, 5.74) is 2.74. The van der Waals surface area contributed by atoms with Crippen LogP contribution in [0.15, 0.2) is 24.3 Å². The molecule has 0 spiro atoms. The van der Waals surface area contributed by atoms with E-state index in [1.54, 1.807) is 7.11 Å². The molecule has 0 aromatic heterocycles. The van der Waals surface area contributed by atoms with Crippen LogP contribution >= 0.6 is 0 Å². The summed E-state index contributed by atoms with van der Waals surface area (Å²) in [6, 6.07) is 9.79. The maximum Gasteiger partial charge on any atom is 0.0637 e. The fourth-order valence-electron chi connectivity index (χ4n) is 2.35. The highest BCUT2D eigenvalue weighted by atomic mass is 16.5. The van der Waals surface area contributed by atoms with Gasteiger partial charge in [0.25, 0.3) is 0 Å². The van der Waals surface area contributed by atoms with Gasteiger partial charge in [-0.05, 0) is 38.4 Å². The number of ether oxygens (including phenoxy) is 1. The first-order chi connectivity index (χ1) is 8.77. The zero-order valence-electron chi connectivity index (χ0n) is 11.6. The molecule has 1 saturated carbocycles. The predicted molar refractivity (Wildman–Crippen MR) is 76.2 cm³/mol. The van der Waals surface area contributed by atoms with Crippen LogP contribution in [-0.4, -0.2) is 33.4 Å². The van der Waals surface area contributed by atoms with E-state index in [0.29, 0.717) is 12.1 Å². The molecule has 1 aliphatic rings. The molecule has 3 nitrogen and oxygen atoms in total. The molecule has 1 atom stereocenters. The van der Waals surface area contributed by atoms with E-state index in [1.807, 2.05) is 7.05 Å². The third kappa shape index (κ3) is 3.03. The highest BCUT2D eigenvalue weighted by molar-refractivity contribution is 5.56. The largest absolute Gasteiger partial charge is 0.383 e. The van der Waals surface area contributed by atoms with E-state index in [2.05, 4.69) is 41.4 Å². The maximum absolute atomic E-state index is 5.24. The van der Waals surface area contributed by atoms with Crippen molar-refractivity contribution < 1.29 is 4.74 Å². The topological polar surface area (TPSA) is 24.5 Å². The maximum atomic E-state index is 5.24. The van der Waals surface area contributed by atoms with E-state index < -0.39 is 0 Å². The van der Waals surface area contributed by atoms with Crippen molar-refractivity contribution in [3.8, 4) is 0 Å². The highest BCUT2D eigenvalue weighted by Gasteiger charge is 2.30. The van der Waals surface area contributed by atoms with Gasteiger partial charge in [0.15, 0.2) is 0 Å². The van der Waals surface area contributed by atoms with Gasteiger partial charge < -0.3 is 15.0 Å². The van der Waals surface area contributed by atoms with Gasteiger partial charge in [0.1, 0.15) is 0 Å². The summed E-state index contributed by atoms with van der Waals surface area (Å²) in [7, 11) is 3.78. The number of hydrogen-bond donors (Lipinski definition) is 1. The van der Waals surface area contributed by atoms with Crippen LogP contribution in [0.5, 0.6) is 0 Å². The molecule has 2 rings (SSSR count). The van der Waals surface area contributed by atoms with Gasteiger partial charge in [0, 0.05) is 31.4 Å². The monoisotopic (exact) mass is 248 g/mol. The Hall–Kier alpha value is -1.06. The molecule has 18 heavy (non-hydrogen) atoms. The molecule has 3 heteroatoms. The first kappa shape index (κ1) is 13.4. The van der Waals surface area contributed by atoms with Crippen LogP contribution in [0.4, 0.5) is 5.69 Å². The second kappa shape index (κ2) is 6.21. The predicted octanol–water partition coefficient (Wildman–Crippen LogP) is 2.58. The van der Waals surface area contributed by atoms with Crippen molar-refractivity contribution >= 4 is 5.69 Å². The summed E-state index contributed by atoms with van der Waals surface area (Å²) in [6.07, 6.45) is 2.62. The molecular formula is C15H24N2O. The Labute approximate surface area is 110 Å². The average molecular weight is 248 g/mol. The molecule has 0 heterocycles. The zero-order chi connectivity index (χ0) is 13.0. The van der Waals surface area contributed by atoms with E-state index in [4.69, 9.17) is 4.74 Å². The van der Waals surface area contributed by atoms with Gasteiger partial charge in [-0.15, -0.1) is 0 Å². The van der Waals surface area contributed by atoms with Crippen LogP contribution in [0.2, 0.25) is 0 Å². The molecule has 1 unspecified atom stereocenters. The molecule has 1 aliphatic carbocycles. The van der Waals surface area contributed by atoms with Gasteiger partial charge in [-0.25, -0.2) is 0 Å². The summed E-state index contributed by atoms with van der Waals surface area (Å²) >= 11 is 0. The minimum Gasteiger partial charge on any atom is -0.383 e. The Morgan fingerprint density at radius 1 is 1.39 bits per heavy atom. The fourth-order valence-corrected chi connectivity index (χ4v) is 2.35. The number of para-hydroxylation sites is 1. The van der Waals surface area contributed by atoms with Gasteiger partial charge >= 0.3 is 0 Å². The van der Waals surface area contributed by atoms with Crippen LogP contribution < -0.4 is 10.2 Å². The van der Waals surface area contributed by atoms with Crippen LogP contribution in [0.1, 0.15) is 31.4 Å². The van der Waals surface area contributed by atoms with E-state index in [0.717, 1.165) is 13.2 Å². The van der Waals surface area contributed by atoms with Crippen LogP contribution in [0, 0.1) is 0 Å². The quantitative estimate of drug-likeness (QED) is 0.802. The van der Waals surface area contributed by atoms with Crippen molar-refractivity contribution in [1.82, 2.24) is 5.32 Å². The second-order valence-electron chi connectivity index (χ2n) is 4.99. The molecule has 100 valence electrons. The van der Waals surface area contributed by atoms with E-state index in [9.17, 15) is 0 Å². The molecule has 0 aliphatic heterocycles. The lowest BCUT2D eigenvalue weighted by atomic mass is 10.1. The van der Waals surface area contributed by atoms with Crippen LogP contribution in [0.25, 0.3) is 0 Å². The summed E-state index contributed by atoms with van der Waals surface area (Å²) in [5, 5.41) is 3.33. The molecule has 1 aromatic carbocycles. The lowest BCUT2D eigenvalue weighted by Gasteiger charge is -2.28. The minimum atomic E-state index is 0.380. The number of nitrogens with one attached hydrogen (secondary N) is 1. The first-order valence-electron chi connectivity index (χ1n) is 6.79. The molecule has 0 saturated heterocycles. The smallest absolute Gasteiger partial charge is 0.0637 e. The van der Waals surface area contributed by atoms with Gasteiger partial charge in [-0.2, -0.15) is 0 Å². The van der Waals surface area contributed by atoms with Crippen LogP contribution in [0.3, 0.4) is 0 Å². The standard InChI is InChI=1S/C15H24N2O/c1-12(16-2)14-6-4-5-7-15(14)17(10-11-18-3)13-8-9-13/h4-7,12-13,16H,8-11H2,1-3H3. The average Bonchev–Trinajstić information content (AvgIpc) is 3.23. The third-order valence-corrected chi connectivity index (χ3v) is 3.67. The summed E-state index contributed by atoms with van der Waals surface area (Å²) in [5.74, 6) is 0. The number of benzene rings is 1. The Bertz CT molecular complexity index is 377. The molecule has 0 radical (unpaired) electrons. The molecule has 1 aromatic rings. The van der Waals surface area contributed by atoms with Gasteiger partial charge in [-0.1, -0.05) is 18.2 Å². The van der Waals surface area contributed by atoms with E-state index >= 15 is 0 Å². The molecular weight excluding hydrogens is 224 g/mol. The van der Waals surface area contributed by atoms with Crippen molar-refractivity contribution in [1.29, 1.82) is 0 Å². The SMILES string of the molecule is CNC(C)c1ccccc1N(CCOC)C1CC1. The van der Waals surface area contributed by atoms with Crippen molar-refractivity contribution in [2.45, 2.75) is 31.8 Å². The highest BCUT2D eigenvalue weighted by Crippen LogP contribution is 2.35. The number of nitrogens with zero attached hydrogens (tertiary/aromatic N) is 1. The summed E-state index contributed by atoms with van der Waals surface area (Å²) < 4.78 is 5.24. The van der Waals surface area contributed by atoms with E-state index in [-0.39, 0.29) is 0 Å². The van der Waals surface area contributed by atoms with Crippen LogP contribution in [-0.2, 0) is 4.74 Å². The Morgan fingerprint density at radius 2 is 2.11 bits per heavy atom. The fraction of sp³-hybridized carbons (Fsp3) is 0.600. The number of methoxy groups -OCH3 is 1. The van der Waals surface area contributed by atoms with Gasteiger partial charge in [-0.3, -0.25) is 0 Å². The Balaban J connectivity index is 2.22. The number of rotatable bonds is 7. The van der Waals surface area contributed by atoms with Gasteiger partial charge in [0.05, 0.1) is 6.61 Å². The number of anilines is 1. The van der Waals surface area contributed by atoms with Crippen molar-refractivity contribution in [2.75, 3.05) is 32.2 Å². The second-order valence-corrected chi connectivity index (χ2v) is 4.99. The van der Waals surface area contributed by atoms with E-state index in [1.165, 1.54) is 24.1 Å². The Morgan fingerprint density at radius 3 is 2.72 bits per heavy atom. The van der Waals surface area contributed by atoms with Gasteiger partial charge in [0.2, 0.25) is 0 Å². The summed E-state index contributed by atoms with van der Waals surface area (Å²) in [6.45, 7) is 3.98. The van der Waals surface area contributed by atoms with Crippen molar-refractivity contribution in [3.63, 3.8) is 0 Å². The minimum absolute atomic E-state index is 0.380. The van der Waals surface area contributed by atoms with Crippen molar-refractivity contribution in [2.24, 2.45) is 0 Å². The molecule has 1 fully saturated rings. The molecule has 0 amide bonds. The summed E-state index contributed by atoms with van der Waals surface area (Å²) in [4.78, 5) is 2.51. The first-order valence-corrected chi connectivity index (χ1v) is 6.79. The molecule has 0 bridgehead atoms. The Kier molecular flexibility index (Phi) is 4.61. The lowest BCUT2D eigenvalue weighted by Crippen LogP contribution is -2.31. The van der Waals surface area contributed by atoms with Crippen molar-refractivity contribution in [3.05, 3.63) is 29.8 Å².